The maximum Gasteiger partial charge on any atom is 0.264 e. The van der Waals surface area contributed by atoms with Crippen molar-refractivity contribution in [2.45, 2.75) is 20.3 Å². The van der Waals surface area contributed by atoms with Crippen LogP contribution in [0.15, 0.2) is 36.4 Å². The van der Waals surface area contributed by atoms with Crippen LogP contribution in [0.1, 0.15) is 18.1 Å². The van der Waals surface area contributed by atoms with E-state index in [0.717, 1.165) is 22.2 Å². The molecule has 0 saturated heterocycles. The number of benzene rings is 2. The normalized spacial score (nSPS) is 10.6. The van der Waals surface area contributed by atoms with Crippen molar-refractivity contribution in [2.24, 2.45) is 0 Å². The zero-order valence-electron chi connectivity index (χ0n) is 14.8. The van der Waals surface area contributed by atoms with E-state index in [1.54, 1.807) is 0 Å². The molecular formula is C19H18ClN3O2S2. The van der Waals surface area contributed by atoms with Gasteiger partial charge in [-0.1, -0.05) is 42.0 Å². The van der Waals surface area contributed by atoms with Gasteiger partial charge in [-0.05, 0) is 61.0 Å². The van der Waals surface area contributed by atoms with Crippen LogP contribution in [0.2, 0.25) is 5.02 Å². The Morgan fingerprint density at radius 1 is 1.30 bits per heavy atom. The molecule has 0 aliphatic carbocycles. The van der Waals surface area contributed by atoms with Crippen LogP contribution < -0.4 is 15.4 Å². The maximum atomic E-state index is 12.0. The Kier molecular flexibility index (Phi) is 6.26. The van der Waals surface area contributed by atoms with Crippen LogP contribution in [0.25, 0.3) is 10.2 Å². The third-order valence-electron chi connectivity index (χ3n) is 3.84. The van der Waals surface area contributed by atoms with Crippen molar-refractivity contribution in [3.8, 4) is 5.75 Å². The number of nitrogens with zero attached hydrogens (tertiary/aromatic N) is 1. The number of carbonyl (C=O) groups is 1. The van der Waals surface area contributed by atoms with E-state index in [2.05, 4.69) is 22.5 Å². The molecule has 8 heteroatoms. The number of nitrogens with one attached hydrogen (secondary N) is 2. The van der Waals surface area contributed by atoms with E-state index in [9.17, 15) is 4.79 Å². The fraction of sp³-hybridized carbons (Fsp3) is 0.211. The zero-order chi connectivity index (χ0) is 19.4. The van der Waals surface area contributed by atoms with Gasteiger partial charge in [0.05, 0.1) is 10.2 Å². The van der Waals surface area contributed by atoms with Crippen LogP contribution in [0, 0.1) is 6.92 Å². The number of thiocarbonyl (C=S) groups is 1. The first-order valence-corrected chi connectivity index (χ1v) is 9.94. The molecule has 0 unspecified atom stereocenters. The van der Waals surface area contributed by atoms with E-state index in [-0.39, 0.29) is 17.6 Å². The van der Waals surface area contributed by atoms with Crippen LogP contribution in [0.4, 0.5) is 5.13 Å². The molecule has 0 atom stereocenters. The molecule has 27 heavy (non-hydrogen) atoms. The topological polar surface area (TPSA) is 63.2 Å². The number of halogens is 1. The molecule has 0 aliphatic heterocycles. The monoisotopic (exact) mass is 419 g/mol. The van der Waals surface area contributed by atoms with Crippen LogP contribution in [-0.4, -0.2) is 22.6 Å². The summed E-state index contributed by atoms with van der Waals surface area (Å²) in [6, 6.07) is 11.4. The summed E-state index contributed by atoms with van der Waals surface area (Å²) in [5.41, 5.74) is 2.98. The number of anilines is 1. The molecule has 0 saturated carbocycles. The Hall–Kier alpha value is -2.22. The minimum atomic E-state index is -0.341. The van der Waals surface area contributed by atoms with Crippen LogP contribution in [-0.2, 0) is 11.2 Å². The van der Waals surface area contributed by atoms with Crippen LogP contribution in [0.5, 0.6) is 5.75 Å². The Morgan fingerprint density at radius 2 is 2.04 bits per heavy atom. The van der Waals surface area contributed by atoms with Gasteiger partial charge in [-0.2, -0.15) is 0 Å². The molecule has 0 aliphatic rings. The average Bonchev–Trinajstić information content (AvgIpc) is 3.01. The molecule has 1 amide bonds. The molecule has 3 rings (SSSR count). The summed E-state index contributed by atoms with van der Waals surface area (Å²) in [7, 11) is 0. The van der Waals surface area contributed by atoms with Crippen molar-refractivity contribution in [1.29, 1.82) is 0 Å². The maximum absolute atomic E-state index is 12.0. The molecule has 5 nitrogen and oxygen atoms in total. The second kappa shape index (κ2) is 8.65. The number of fused-ring (bicyclic) bond motifs is 1. The summed E-state index contributed by atoms with van der Waals surface area (Å²) in [4.78, 5) is 16.4. The Bertz CT molecular complexity index is 948. The molecule has 2 aromatic carbocycles. The van der Waals surface area contributed by atoms with Crippen molar-refractivity contribution in [3.63, 3.8) is 0 Å². The first-order valence-electron chi connectivity index (χ1n) is 8.34. The van der Waals surface area contributed by atoms with Gasteiger partial charge in [0.25, 0.3) is 5.91 Å². The number of thiazole rings is 1. The van der Waals surface area contributed by atoms with E-state index in [1.165, 1.54) is 16.9 Å². The Morgan fingerprint density at radius 3 is 2.74 bits per heavy atom. The number of hydrogen-bond acceptors (Lipinski definition) is 5. The fourth-order valence-electron chi connectivity index (χ4n) is 2.36. The standard InChI is InChI=1S/C19H18ClN3O2S2/c1-3-12-4-6-13(7-5-12)25-10-17(24)22-18(26)23-19-21-15-9-14(20)11(2)8-16(15)27-19/h4-9H,3,10H2,1-2H3,(H2,21,22,23,24,26). The lowest BCUT2D eigenvalue weighted by Crippen LogP contribution is -2.37. The molecule has 1 heterocycles. The van der Waals surface area contributed by atoms with E-state index >= 15 is 0 Å². The second-order valence-electron chi connectivity index (χ2n) is 5.88. The molecule has 140 valence electrons. The highest BCUT2D eigenvalue weighted by Crippen LogP contribution is 2.30. The summed E-state index contributed by atoms with van der Waals surface area (Å²) in [5, 5.41) is 6.94. The van der Waals surface area contributed by atoms with Gasteiger partial charge in [-0.15, -0.1) is 0 Å². The lowest BCUT2D eigenvalue weighted by atomic mass is 10.2. The van der Waals surface area contributed by atoms with E-state index in [0.29, 0.717) is 15.9 Å². The molecule has 2 N–H and O–H groups in total. The van der Waals surface area contributed by atoms with E-state index < -0.39 is 0 Å². The summed E-state index contributed by atoms with van der Waals surface area (Å²) in [6.45, 7) is 3.90. The molecular weight excluding hydrogens is 402 g/mol. The van der Waals surface area contributed by atoms with Gasteiger partial charge < -0.3 is 10.1 Å². The number of ether oxygens (including phenoxy) is 1. The van der Waals surface area contributed by atoms with Gasteiger partial charge in [-0.3, -0.25) is 10.1 Å². The second-order valence-corrected chi connectivity index (χ2v) is 7.72. The van der Waals surface area contributed by atoms with Crippen molar-refractivity contribution in [1.82, 2.24) is 10.3 Å². The minimum Gasteiger partial charge on any atom is -0.484 e. The summed E-state index contributed by atoms with van der Waals surface area (Å²) in [6.07, 6.45) is 0.957. The summed E-state index contributed by atoms with van der Waals surface area (Å²) >= 11 is 12.7. The van der Waals surface area contributed by atoms with Gasteiger partial charge in [0.1, 0.15) is 5.75 Å². The van der Waals surface area contributed by atoms with Gasteiger partial charge in [0.2, 0.25) is 0 Å². The quantitative estimate of drug-likeness (QED) is 0.586. The van der Waals surface area contributed by atoms with E-state index in [4.69, 9.17) is 28.6 Å². The number of carbonyl (C=O) groups excluding carboxylic acids is 1. The molecule has 3 aromatic rings. The minimum absolute atomic E-state index is 0.123. The zero-order valence-corrected chi connectivity index (χ0v) is 17.2. The van der Waals surface area contributed by atoms with Crippen molar-refractivity contribution in [3.05, 3.63) is 52.5 Å². The molecule has 0 fully saturated rings. The van der Waals surface area contributed by atoms with Crippen molar-refractivity contribution < 1.29 is 9.53 Å². The largest absolute Gasteiger partial charge is 0.484 e. The Labute approximate surface area is 171 Å². The van der Waals surface area contributed by atoms with Gasteiger partial charge in [-0.25, -0.2) is 4.98 Å². The third-order valence-corrected chi connectivity index (χ3v) is 5.39. The third kappa shape index (κ3) is 5.15. The predicted molar refractivity (Wildman–Crippen MR) is 115 cm³/mol. The number of amides is 1. The molecule has 0 radical (unpaired) electrons. The van der Waals surface area contributed by atoms with Gasteiger partial charge in [0.15, 0.2) is 16.9 Å². The van der Waals surface area contributed by atoms with E-state index in [1.807, 2.05) is 43.3 Å². The van der Waals surface area contributed by atoms with Crippen molar-refractivity contribution in [2.75, 3.05) is 11.9 Å². The van der Waals surface area contributed by atoms with Crippen LogP contribution in [0.3, 0.4) is 0 Å². The first kappa shape index (κ1) is 19.5. The fourth-order valence-corrected chi connectivity index (χ4v) is 3.75. The number of aromatic nitrogens is 1. The van der Waals surface area contributed by atoms with Gasteiger partial charge >= 0.3 is 0 Å². The highest BCUT2D eigenvalue weighted by Gasteiger charge is 2.10. The summed E-state index contributed by atoms with van der Waals surface area (Å²) in [5.74, 6) is 0.298. The molecule has 0 bridgehead atoms. The average molecular weight is 420 g/mol. The lowest BCUT2D eigenvalue weighted by Gasteiger charge is -2.09. The van der Waals surface area contributed by atoms with Crippen LogP contribution >= 0.6 is 35.2 Å². The lowest BCUT2D eigenvalue weighted by molar-refractivity contribution is -0.121. The number of rotatable bonds is 5. The summed E-state index contributed by atoms with van der Waals surface area (Å²) < 4.78 is 6.46. The number of hydrogen-bond donors (Lipinski definition) is 2. The van der Waals surface area contributed by atoms with Gasteiger partial charge in [0, 0.05) is 5.02 Å². The first-order chi connectivity index (χ1) is 12.9. The Balaban J connectivity index is 1.53. The molecule has 1 aromatic heterocycles. The van der Waals surface area contributed by atoms with Crippen molar-refractivity contribution >= 4 is 61.5 Å². The highest BCUT2D eigenvalue weighted by molar-refractivity contribution is 7.80. The smallest absolute Gasteiger partial charge is 0.264 e. The SMILES string of the molecule is CCc1ccc(OCC(=O)NC(=S)Nc2nc3cc(Cl)c(C)cc3s2)cc1. The highest BCUT2D eigenvalue weighted by atomic mass is 35.5. The molecule has 0 spiro atoms. The predicted octanol–water partition coefficient (Wildman–Crippen LogP) is 4.71. The number of aryl methyl sites for hydroxylation is 2.